The fourth-order valence-corrected chi connectivity index (χ4v) is 5.07. The van der Waals surface area contributed by atoms with Gasteiger partial charge in [0.25, 0.3) is 5.91 Å². The lowest BCUT2D eigenvalue weighted by Crippen LogP contribution is -2.14. The van der Waals surface area contributed by atoms with Gasteiger partial charge in [-0.1, -0.05) is 29.5 Å². The highest BCUT2D eigenvalue weighted by molar-refractivity contribution is 7.90. The van der Waals surface area contributed by atoms with Crippen LogP contribution in [0.4, 0.5) is 5.13 Å². The normalized spacial score (nSPS) is 11.5. The lowest BCUT2D eigenvalue weighted by Gasteiger charge is -2.05. The average molecular weight is 428 g/mol. The molecule has 2 aromatic carbocycles. The van der Waals surface area contributed by atoms with E-state index in [1.165, 1.54) is 35.8 Å². The molecule has 0 atom stereocenters. The summed E-state index contributed by atoms with van der Waals surface area (Å²) in [5, 5.41) is 3.06. The third-order valence-electron chi connectivity index (χ3n) is 4.22. The standard InChI is InChI=1S/C20H16N2O5S2/c1-26-14-7-8-16-17(11-14)28-20(21-16)22-19(23)18-13(9-10-27-18)12-29(24,25)15-5-3-2-4-6-15/h2-11H,12H2,1H3,(H,21,22,23). The Bertz CT molecular complexity index is 1280. The van der Waals surface area contributed by atoms with E-state index in [4.69, 9.17) is 9.15 Å². The Morgan fingerprint density at radius 1 is 1.17 bits per heavy atom. The maximum atomic E-state index is 12.7. The highest BCUT2D eigenvalue weighted by Crippen LogP contribution is 2.30. The summed E-state index contributed by atoms with van der Waals surface area (Å²) < 4.78 is 36.5. The van der Waals surface area contributed by atoms with Crippen molar-refractivity contribution in [1.82, 2.24) is 4.98 Å². The highest BCUT2D eigenvalue weighted by Gasteiger charge is 2.23. The molecule has 4 rings (SSSR count). The molecule has 0 spiro atoms. The van der Waals surface area contributed by atoms with E-state index in [1.54, 1.807) is 37.4 Å². The minimum atomic E-state index is -3.61. The number of furan rings is 1. The molecule has 0 saturated carbocycles. The van der Waals surface area contributed by atoms with Gasteiger partial charge in [0.2, 0.25) is 0 Å². The molecule has 7 nitrogen and oxygen atoms in total. The molecule has 0 fully saturated rings. The number of nitrogens with one attached hydrogen (secondary N) is 1. The molecule has 0 aliphatic carbocycles. The number of benzene rings is 2. The number of amides is 1. The number of nitrogens with zero attached hydrogens (tertiary/aromatic N) is 1. The molecule has 4 aromatic rings. The molecule has 0 saturated heterocycles. The van der Waals surface area contributed by atoms with Gasteiger partial charge in [0.1, 0.15) is 5.75 Å². The van der Waals surface area contributed by atoms with Crippen LogP contribution < -0.4 is 10.1 Å². The first-order chi connectivity index (χ1) is 14.0. The molecule has 0 unspecified atom stereocenters. The molecule has 0 aliphatic heterocycles. The molecule has 0 radical (unpaired) electrons. The summed E-state index contributed by atoms with van der Waals surface area (Å²) in [4.78, 5) is 17.2. The van der Waals surface area contributed by atoms with Crippen molar-refractivity contribution < 1.29 is 22.4 Å². The first-order valence-corrected chi connectivity index (χ1v) is 11.0. The summed E-state index contributed by atoms with van der Waals surface area (Å²) >= 11 is 1.29. The Labute approximate surface area is 170 Å². The van der Waals surface area contributed by atoms with Gasteiger partial charge < -0.3 is 9.15 Å². The maximum absolute atomic E-state index is 12.7. The third-order valence-corrected chi connectivity index (χ3v) is 6.83. The maximum Gasteiger partial charge on any atom is 0.293 e. The molecule has 148 valence electrons. The van der Waals surface area contributed by atoms with Crippen LogP contribution in [-0.4, -0.2) is 26.4 Å². The average Bonchev–Trinajstić information content (AvgIpc) is 3.33. The Balaban J connectivity index is 1.56. The number of fused-ring (bicyclic) bond motifs is 1. The number of thiazole rings is 1. The van der Waals surface area contributed by atoms with Gasteiger partial charge in [-0.15, -0.1) is 0 Å². The van der Waals surface area contributed by atoms with E-state index in [1.807, 2.05) is 6.07 Å². The van der Waals surface area contributed by atoms with E-state index >= 15 is 0 Å². The van der Waals surface area contributed by atoms with Gasteiger partial charge in [-0.2, -0.15) is 0 Å². The molecule has 2 aromatic heterocycles. The molecule has 0 bridgehead atoms. The van der Waals surface area contributed by atoms with Crippen molar-refractivity contribution in [3.8, 4) is 5.75 Å². The molecule has 2 heterocycles. The van der Waals surface area contributed by atoms with E-state index < -0.39 is 15.7 Å². The number of methoxy groups -OCH3 is 1. The largest absolute Gasteiger partial charge is 0.497 e. The summed E-state index contributed by atoms with van der Waals surface area (Å²) in [6.07, 6.45) is 1.30. The van der Waals surface area contributed by atoms with Crippen molar-refractivity contribution in [3.05, 3.63) is 72.2 Å². The summed E-state index contributed by atoms with van der Waals surface area (Å²) in [6.45, 7) is 0. The molecular weight excluding hydrogens is 412 g/mol. The second kappa shape index (κ2) is 7.69. The van der Waals surface area contributed by atoms with E-state index in [9.17, 15) is 13.2 Å². The van der Waals surface area contributed by atoms with Gasteiger partial charge in [0, 0.05) is 5.56 Å². The fraction of sp³-hybridized carbons (Fsp3) is 0.100. The molecule has 1 amide bonds. The Morgan fingerprint density at radius 3 is 2.72 bits per heavy atom. The minimum Gasteiger partial charge on any atom is -0.497 e. The summed E-state index contributed by atoms with van der Waals surface area (Å²) in [6, 6.07) is 15.0. The van der Waals surface area contributed by atoms with Crippen LogP contribution in [0.5, 0.6) is 5.75 Å². The van der Waals surface area contributed by atoms with Crippen LogP contribution >= 0.6 is 11.3 Å². The highest BCUT2D eigenvalue weighted by atomic mass is 32.2. The van der Waals surface area contributed by atoms with Crippen LogP contribution in [-0.2, 0) is 15.6 Å². The smallest absolute Gasteiger partial charge is 0.293 e. The number of aromatic nitrogens is 1. The molecular formula is C20H16N2O5S2. The number of hydrogen-bond donors (Lipinski definition) is 1. The zero-order valence-corrected chi connectivity index (χ0v) is 16.9. The zero-order valence-electron chi connectivity index (χ0n) is 15.3. The fourth-order valence-electron chi connectivity index (χ4n) is 2.80. The van der Waals surface area contributed by atoms with Gasteiger partial charge >= 0.3 is 0 Å². The minimum absolute atomic E-state index is 0.0543. The zero-order chi connectivity index (χ0) is 20.4. The van der Waals surface area contributed by atoms with Crippen molar-refractivity contribution in [2.75, 3.05) is 12.4 Å². The number of ether oxygens (including phenoxy) is 1. The molecule has 29 heavy (non-hydrogen) atoms. The number of hydrogen-bond acceptors (Lipinski definition) is 7. The monoisotopic (exact) mass is 428 g/mol. The van der Waals surface area contributed by atoms with Crippen LogP contribution in [0, 0.1) is 0 Å². The van der Waals surface area contributed by atoms with Crippen LogP contribution in [0.15, 0.2) is 70.2 Å². The number of rotatable bonds is 6. The van der Waals surface area contributed by atoms with Gasteiger partial charge in [-0.05, 0) is 36.4 Å². The lowest BCUT2D eigenvalue weighted by atomic mass is 10.3. The summed E-state index contributed by atoms with van der Waals surface area (Å²) in [5.74, 6) is -0.257. The summed E-state index contributed by atoms with van der Waals surface area (Å²) in [5.41, 5.74) is 1.01. The van der Waals surface area contributed by atoms with Gasteiger partial charge in [0.05, 0.1) is 34.2 Å². The lowest BCUT2D eigenvalue weighted by molar-refractivity contribution is 0.0996. The van der Waals surface area contributed by atoms with Gasteiger partial charge in [0.15, 0.2) is 20.7 Å². The van der Waals surface area contributed by atoms with Crippen LogP contribution in [0.3, 0.4) is 0 Å². The van der Waals surface area contributed by atoms with Crippen molar-refractivity contribution in [2.45, 2.75) is 10.6 Å². The van der Waals surface area contributed by atoms with Gasteiger partial charge in [-0.3, -0.25) is 10.1 Å². The number of carbonyl (C=O) groups is 1. The number of anilines is 1. The Kier molecular flexibility index (Phi) is 5.08. The van der Waals surface area contributed by atoms with E-state index in [0.29, 0.717) is 10.9 Å². The molecule has 0 aliphatic rings. The third kappa shape index (κ3) is 4.01. The quantitative estimate of drug-likeness (QED) is 0.496. The molecule has 1 N–H and O–H groups in total. The van der Waals surface area contributed by atoms with Crippen molar-refractivity contribution in [2.24, 2.45) is 0 Å². The van der Waals surface area contributed by atoms with Crippen LogP contribution in [0.2, 0.25) is 0 Å². The molecule has 9 heteroatoms. The Hall–Kier alpha value is -3.17. The van der Waals surface area contributed by atoms with E-state index in [-0.39, 0.29) is 22.0 Å². The summed E-state index contributed by atoms with van der Waals surface area (Å²) in [7, 11) is -2.03. The van der Waals surface area contributed by atoms with Crippen molar-refractivity contribution in [1.29, 1.82) is 0 Å². The predicted molar refractivity (Wildman–Crippen MR) is 110 cm³/mol. The second-order valence-electron chi connectivity index (χ2n) is 6.15. The topological polar surface area (TPSA) is 98.5 Å². The van der Waals surface area contributed by atoms with Crippen molar-refractivity contribution in [3.63, 3.8) is 0 Å². The van der Waals surface area contributed by atoms with E-state index in [0.717, 1.165) is 10.2 Å². The Morgan fingerprint density at radius 2 is 1.97 bits per heavy atom. The number of carbonyl (C=O) groups excluding carboxylic acids is 1. The first-order valence-electron chi connectivity index (χ1n) is 8.56. The van der Waals surface area contributed by atoms with Crippen LogP contribution in [0.25, 0.3) is 10.2 Å². The SMILES string of the molecule is COc1ccc2nc(NC(=O)c3occc3CS(=O)(=O)c3ccccc3)sc2c1. The van der Waals surface area contributed by atoms with Crippen molar-refractivity contribution >= 4 is 42.4 Å². The second-order valence-corrected chi connectivity index (χ2v) is 9.17. The van der Waals surface area contributed by atoms with Crippen LogP contribution in [0.1, 0.15) is 16.1 Å². The van der Waals surface area contributed by atoms with E-state index in [2.05, 4.69) is 10.3 Å². The van der Waals surface area contributed by atoms with Gasteiger partial charge in [-0.25, -0.2) is 13.4 Å². The number of sulfone groups is 1. The first kappa shape index (κ1) is 19.2. The predicted octanol–water partition coefficient (Wildman–Crippen LogP) is 4.12.